The first-order chi connectivity index (χ1) is 6.04. The third-order valence-electron chi connectivity index (χ3n) is 2.16. The number of aliphatic carboxylic acids is 1. The van der Waals surface area contributed by atoms with Crippen molar-refractivity contribution in [2.24, 2.45) is 5.92 Å². The lowest BCUT2D eigenvalue weighted by atomic mass is 10.0. The van der Waals surface area contributed by atoms with Crippen molar-refractivity contribution < 1.29 is 9.90 Å². The van der Waals surface area contributed by atoms with Crippen LogP contribution < -0.4 is 0 Å². The second kappa shape index (κ2) is 3.51. The number of rotatable bonds is 3. The van der Waals surface area contributed by atoms with E-state index in [1.54, 1.807) is 20.8 Å². The van der Waals surface area contributed by atoms with Crippen LogP contribution in [0.5, 0.6) is 0 Å². The molecule has 72 valence electrons. The fourth-order valence-electron chi connectivity index (χ4n) is 1.03. The third-order valence-corrected chi connectivity index (χ3v) is 2.16. The zero-order valence-corrected chi connectivity index (χ0v) is 7.80. The summed E-state index contributed by atoms with van der Waals surface area (Å²) >= 11 is 0. The molecule has 2 atom stereocenters. The summed E-state index contributed by atoms with van der Waals surface area (Å²) in [5.74, 6) is -0.717. The van der Waals surface area contributed by atoms with Crippen molar-refractivity contribution in [3.63, 3.8) is 0 Å². The SMILES string of the molecule is Cc1nnnn1C(C)C(C)C(=O)O. The Labute approximate surface area is 75.6 Å². The van der Waals surface area contributed by atoms with Gasteiger partial charge in [0.25, 0.3) is 0 Å². The molecule has 0 radical (unpaired) electrons. The second-order valence-corrected chi connectivity index (χ2v) is 3.04. The number of aryl methyl sites for hydroxylation is 1. The Hall–Kier alpha value is -1.46. The monoisotopic (exact) mass is 184 g/mol. The molecule has 6 heteroatoms. The van der Waals surface area contributed by atoms with Gasteiger partial charge in [-0.3, -0.25) is 4.79 Å². The van der Waals surface area contributed by atoms with Crippen LogP contribution in [-0.4, -0.2) is 31.3 Å². The van der Waals surface area contributed by atoms with Crippen LogP contribution in [0.25, 0.3) is 0 Å². The molecule has 1 N–H and O–H groups in total. The number of hydrogen-bond acceptors (Lipinski definition) is 4. The Balaban J connectivity index is 2.85. The summed E-state index contributed by atoms with van der Waals surface area (Å²) in [7, 11) is 0. The van der Waals surface area contributed by atoms with E-state index >= 15 is 0 Å². The van der Waals surface area contributed by atoms with Gasteiger partial charge >= 0.3 is 5.97 Å². The Kier molecular flexibility index (Phi) is 2.60. The number of nitrogens with zero attached hydrogens (tertiary/aromatic N) is 4. The van der Waals surface area contributed by atoms with Gasteiger partial charge in [0.2, 0.25) is 0 Å². The number of carboxylic acid groups (broad SMARTS) is 1. The topological polar surface area (TPSA) is 80.9 Å². The van der Waals surface area contributed by atoms with Crippen LogP contribution in [0.3, 0.4) is 0 Å². The van der Waals surface area contributed by atoms with Crippen molar-refractivity contribution in [2.45, 2.75) is 26.8 Å². The molecule has 1 heterocycles. The van der Waals surface area contributed by atoms with Crippen molar-refractivity contribution in [3.8, 4) is 0 Å². The van der Waals surface area contributed by atoms with E-state index in [-0.39, 0.29) is 6.04 Å². The van der Waals surface area contributed by atoms with Crippen LogP contribution >= 0.6 is 0 Å². The van der Waals surface area contributed by atoms with Crippen LogP contribution in [0.4, 0.5) is 0 Å². The van der Waals surface area contributed by atoms with E-state index in [9.17, 15) is 4.79 Å². The van der Waals surface area contributed by atoms with Gasteiger partial charge in [-0.05, 0) is 31.2 Å². The summed E-state index contributed by atoms with van der Waals surface area (Å²) in [5.41, 5.74) is 0. The van der Waals surface area contributed by atoms with Gasteiger partial charge in [0, 0.05) is 0 Å². The molecule has 0 aromatic carbocycles. The van der Waals surface area contributed by atoms with Crippen molar-refractivity contribution in [2.75, 3.05) is 0 Å². The summed E-state index contributed by atoms with van der Waals surface area (Å²) in [5, 5.41) is 19.6. The number of hydrogen-bond donors (Lipinski definition) is 1. The first kappa shape index (κ1) is 9.63. The number of aromatic nitrogens is 4. The molecular formula is C7H12N4O2. The molecule has 0 spiro atoms. The number of carbonyl (C=O) groups is 1. The molecule has 1 rings (SSSR count). The van der Waals surface area contributed by atoms with Gasteiger partial charge in [0.05, 0.1) is 12.0 Å². The molecular weight excluding hydrogens is 172 g/mol. The molecule has 0 saturated carbocycles. The van der Waals surface area contributed by atoms with E-state index < -0.39 is 11.9 Å². The Morgan fingerprint density at radius 3 is 2.54 bits per heavy atom. The average Bonchev–Trinajstić information content (AvgIpc) is 2.48. The van der Waals surface area contributed by atoms with Gasteiger partial charge in [-0.25, -0.2) is 4.68 Å². The maximum absolute atomic E-state index is 10.7. The molecule has 0 saturated heterocycles. The molecule has 0 amide bonds. The van der Waals surface area contributed by atoms with E-state index in [1.165, 1.54) is 4.68 Å². The Morgan fingerprint density at radius 1 is 1.54 bits per heavy atom. The fraction of sp³-hybridized carbons (Fsp3) is 0.714. The van der Waals surface area contributed by atoms with Gasteiger partial charge in [-0.2, -0.15) is 0 Å². The minimum Gasteiger partial charge on any atom is -0.481 e. The largest absolute Gasteiger partial charge is 0.481 e. The summed E-state index contributed by atoms with van der Waals surface area (Å²) in [4.78, 5) is 10.7. The van der Waals surface area contributed by atoms with Gasteiger partial charge in [-0.1, -0.05) is 0 Å². The van der Waals surface area contributed by atoms with Gasteiger partial charge in [0.15, 0.2) is 0 Å². The predicted molar refractivity (Wildman–Crippen MR) is 44.1 cm³/mol. The standard InChI is InChI=1S/C7H12N4O2/c1-4(7(12)13)5(2)11-6(3)8-9-10-11/h4-5H,1-3H3,(H,12,13). The van der Waals surface area contributed by atoms with Crippen molar-refractivity contribution in [1.82, 2.24) is 20.2 Å². The summed E-state index contributed by atoms with van der Waals surface area (Å²) in [6.07, 6.45) is 0. The van der Waals surface area contributed by atoms with Crippen LogP contribution in [0.15, 0.2) is 0 Å². The fourth-order valence-corrected chi connectivity index (χ4v) is 1.03. The summed E-state index contributed by atoms with van der Waals surface area (Å²) in [6.45, 7) is 5.15. The smallest absolute Gasteiger partial charge is 0.308 e. The molecule has 0 bridgehead atoms. The lowest BCUT2D eigenvalue weighted by Crippen LogP contribution is -2.23. The Bertz CT molecular complexity index is 309. The maximum Gasteiger partial charge on any atom is 0.308 e. The first-order valence-corrected chi connectivity index (χ1v) is 4.01. The van der Waals surface area contributed by atoms with Crippen LogP contribution in [-0.2, 0) is 4.79 Å². The highest BCUT2D eigenvalue weighted by Crippen LogP contribution is 2.16. The molecule has 1 aromatic rings. The zero-order chi connectivity index (χ0) is 10.0. The third kappa shape index (κ3) is 1.82. The molecule has 13 heavy (non-hydrogen) atoms. The normalized spacial score (nSPS) is 15.3. The lowest BCUT2D eigenvalue weighted by molar-refractivity contribution is -0.142. The number of carboxylic acids is 1. The van der Waals surface area contributed by atoms with E-state index in [2.05, 4.69) is 15.5 Å². The highest BCUT2D eigenvalue weighted by Gasteiger charge is 2.22. The minimum atomic E-state index is -0.845. The Morgan fingerprint density at radius 2 is 2.15 bits per heavy atom. The molecule has 6 nitrogen and oxygen atoms in total. The highest BCUT2D eigenvalue weighted by atomic mass is 16.4. The first-order valence-electron chi connectivity index (χ1n) is 4.01. The molecule has 0 aliphatic rings. The van der Waals surface area contributed by atoms with E-state index in [0.29, 0.717) is 5.82 Å². The van der Waals surface area contributed by atoms with Gasteiger partial charge in [0.1, 0.15) is 5.82 Å². The van der Waals surface area contributed by atoms with Crippen LogP contribution in [0, 0.1) is 12.8 Å². The van der Waals surface area contributed by atoms with E-state index in [0.717, 1.165) is 0 Å². The number of tetrazole rings is 1. The maximum atomic E-state index is 10.7. The average molecular weight is 184 g/mol. The summed E-state index contributed by atoms with van der Waals surface area (Å²) in [6, 6.07) is -0.229. The predicted octanol–water partition coefficient (Wildman–Crippen LogP) is 0.263. The second-order valence-electron chi connectivity index (χ2n) is 3.04. The van der Waals surface area contributed by atoms with Gasteiger partial charge < -0.3 is 5.11 Å². The molecule has 1 aromatic heterocycles. The van der Waals surface area contributed by atoms with Crippen LogP contribution in [0.2, 0.25) is 0 Å². The van der Waals surface area contributed by atoms with Crippen molar-refractivity contribution >= 4 is 5.97 Å². The van der Waals surface area contributed by atoms with Crippen LogP contribution in [0.1, 0.15) is 25.7 Å². The van der Waals surface area contributed by atoms with Crippen molar-refractivity contribution in [3.05, 3.63) is 5.82 Å². The highest BCUT2D eigenvalue weighted by molar-refractivity contribution is 5.70. The zero-order valence-electron chi connectivity index (χ0n) is 7.80. The molecule has 0 aliphatic heterocycles. The van der Waals surface area contributed by atoms with E-state index in [1.807, 2.05) is 0 Å². The quantitative estimate of drug-likeness (QED) is 0.728. The molecule has 0 aliphatic carbocycles. The van der Waals surface area contributed by atoms with Crippen molar-refractivity contribution in [1.29, 1.82) is 0 Å². The van der Waals surface area contributed by atoms with Gasteiger partial charge in [-0.15, -0.1) is 5.10 Å². The lowest BCUT2D eigenvalue weighted by Gasteiger charge is -2.15. The summed E-state index contributed by atoms with van der Waals surface area (Å²) < 4.78 is 1.51. The molecule has 0 fully saturated rings. The van der Waals surface area contributed by atoms with E-state index in [4.69, 9.17) is 5.11 Å². The minimum absolute atomic E-state index is 0.229. The molecule has 2 unspecified atom stereocenters.